The van der Waals surface area contributed by atoms with Crippen molar-refractivity contribution in [2.24, 2.45) is 0 Å². The van der Waals surface area contributed by atoms with Crippen LogP contribution in [0.5, 0.6) is 17.2 Å². The standard InChI is InChI=1S/C27H25FN4O4/c1-16-22(33)8-7-20(28)26(16)31-27-19-11-23(35-2)24(12-21(19)29-15-30-27)36-14-25(34)32-10-9-17-5-3-4-6-18(17)13-32/h3-8,11-12,15,33H,9-10,13-14H2,1-2H3,(H,29,30,31). The van der Waals surface area contributed by atoms with Crippen LogP contribution in [0, 0.1) is 12.7 Å². The Kier molecular flexibility index (Phi) is 6.28. The molecular weight excluding hydrogens is 463 g/mol. The molecule has 0 bridgehead atoms. The third-order valence-corrected chi connectivity index (χ3v) is 6.38. The van der Waals surface area contributed by atoms with Gasteiger partial charge < -0.3 is 24.8 Å². The van der Waals surface area contributed by atoms with Gasteiger partial charge in [0.25, 0.3) is 5.91 Å². The van der Waals surface area contributed by atoms with Crippen molar-refractivity contribution >= 4 is 28.3 Å². The monoisotopic (exact) mass is 488 g/mol. The number of rotatable bonds is 6. The summed E-state index contributed by atoms with van der Waals surface area (Å²) in [6.45, 7) is 2.66. The van der Waals surface area contributed by atoms with Gasteiger partial charge >= 0.3 is 0 Å². The Morgan fingerprint density at radius 3 is 2.75 bits per heavy atom. The topological polar surface area (TPSA) is 96.8 Å². The molecule has 1 aliphatic heterocycles. The lowest BCUT2D eigenvalue weighted by Gasteiger charge is -2.28. The number of ether oxygens (including phenoxy) is 2. The summed E-state index contributed by atoms with van der Waals surface area (Å²) in [7, 11) is 1.49. The Morgan fingerprint density at radius 1 is 1.14 bits per heavy atom. The second kappa shape index (κ2) is 9.69. The zero-order chi connectivity index (χ0) is 25.2. The molecule has 0 radical (unpaired) electrons. The number of nitrogens with one attached hydrogen (secondary N) is 1. The number of halogens is 1. The Balaban J connectivity index is 1.37. The van der Waals surface area contributed by atoms with Crippen LogP contribution >= 0.6 is 0 Å². The van der Waals surface area contributed by atoms with E-state index in [0.29, 0.717) is 46.9 Å². The van der Waals surface area contributed by atoms with Gasteiger partial charge in [-0.25, -0.2) is 14.4 Å². The number of amides is 1. The van der Waals surface area contributed by atoms with E-state index in [-0.39, 0.29) is 24.0 Å². The van der Waals surface area contributed by atoms with Gasteiger partial charge in [0.05, 0.1) is 18.3 Å². The number of phenolic OH excluding ortho intramolecular Hbond substituents is 1. The van der Waals surface area contributed by atoms with E-state index in [4.69, 9.17) is 9.47 Å². The average molecular weight is 489 g/mol. The minimum absolute atomic E-state index is 0.0348. The first-order chi connectivity index (χ1) is 17.4. The second-order valence-electron chi connectivity index (χ2n) is 8.56. The zero-order valence-electron chi connectivity index (χ0n) is 19.9. The van der Waals surface area contributed by atoms with Crippen LogP contribution in [-0.4, -0.2) is 46.1 Å². The molecule has 1 aromatic heterocycles. The quantitative estimate of drug-likeness (QED) is 0.413. The van der Waals surface area contributed by atoms with Crippen LogP contribution in [0.25, 0.3) is 10.9 Å². The van der Waals surface area contributed by atoms with Crippen LogP contribution in [0.15, 0.2) is 54.9 Å². The molecule has 8 nitrogen and oxygen atoms in total. The zero-order valence-corrected chi connectivity index (χ0v) is 19.9. The van der Waals surface area contributed by atoms with Crippen molar-refractivity contribution in [3.63, 3.8) is 0 Å². The number of benzene rings is 3. The van der Waals surface area contributed by atoms with Crippen molar-refractivity contribution in [1.82, 2.24) is 14.9 Å². The van der Waals surface area contributed by atoms with Crippen molar-refractivity contribution in [1.29, 1.82) is 0 Å². The Hall–Kier alpha value is -4.40. The van der Waals surface area contributed by atoms with Gasteiger partial charge in [-0.2, -0.15) is 0 Å². The van der Waals surface area contributed by atoms with Crippen LogP contribution in [0.3, 0.4) is 0 Å². The van der Waals surface area contributed by atoms with E-state index in [0.717, 1.165) is 12.0 Å². The number of phenols is 1. The van der Waals surface area contributed by atoms with Crippen LogP contribution in [0.4, 0.5) is 15.9 Å². The average Bonchev–Trinajstić information content (AvgIpc) is 2.91. The number of fused-ring (bicyclic) bond motifs is 2. The fourth-order valence-electron chi connectivity index (χ4n) is 4.31. The Labute approximate surface area is 207 Å². The number of carbonyl (C=O) groups excluding carboxylic acids is 1. The van der Waals surface area contributed by atoms with E-state index in [2.05, 4.69) is 21.4 Å². The van der Waals surface area contributed by atoms with Gasteiger partial charge in [-0.05, 0) is 42.7 Å². The van der Waals surface area contributed by atoms with Gasteiger partial charge in [-0.1, -0.05) is 24.3 Å². The van der Waals surface area contributed by atoms with Crippen LogP contribution in [-0.2, 0) is 17.8 Å². The lowest BCUT2D eigenvalue weighted by Crippen LogP contribution is -2.38. The highest BCUT2D eigenvalue weighted by Crippen LogP contribution is 2.36. The predicted octanol–water partition coefficient (Wildman–Crippen LogP) is 4.50. The van der Waals surface area contributed by atoms with E-state index in [1.54, 1.807) is 24.0 Å². The molecule has 0 fully saturated rings. The first-order valence-corrected chi connectivity index (χ1v) is 11.5. The van der Waals surface area contributed by atoms with Crippen molar-refractivity contribution in [2.75, 3.05) is 25.6 Å². The largest absolute Gasteiger partial charge is 0.508 e. The first kappa shape index (κ1) is 23.3. The molecule has 3 aromatic carbocycles. The summed E-state index contributed by atoms with van der Waals surface area (Å²) in [5.74, 6) is 0.396. The molecule has 2 N–H and O–H groups in total. The summed E-state index contributed by atoms with van der Waals surface area (Å²) in [6.07, 6.45) is 2.15. The van der Waals surface area contributed by atoms with Gasteiger partial charge in [0.2, 0.25) is 0 Å². The number of anilines is 2. The number of methoxy groups -OCH3 is 1. The molecule has 0 unspecified atom stereocenters. The third-order valence-electron chi connectivity index (χ3n) is 6.38. The molecule has 5 rings (SSSR count). The Bertz CT molecular complexity index is 1460. The molecule has 184 valence electrons. The summed E-state index contributed by atoms with van der Waals surface area (Å²) in [5.41, 5.74) is 3.40. The second-order valence-corrected chi connectivity index (χ2v) is 8.56. The van der Waals surface area contributed by atoms with Crippen LogP contribution in [0.2, 0.25) is 0 Å². The fourth-order valence-corrected chi connectivity index (χ4v) is 4.31. The molecule has 0 spiro atoms. The molecule has 36 heavy (non-hydrogen) atoms. The number of hydrogen-bond donors (Lipinski definition) is 2. The number of aromatic nitrogens is 2. The normalized spacial score (nSPS) is 12.8. The number of carbonyl (C=O) groups is 1. The molecule has 0 aliphatic carbocycles. The predicted molar refractivity (Wildman–Crippen MR) is 133 cm³/mol. The third kappa shape index (κ3) is 4.47. The molecule has 2 heterocycles. The first-order valence-electron chi connectivity index (χ1n) is 11.5. The van der Waals surface area contributed by atoms with Gasteiger partial charge in [0.1, 0.15) is 23.7 Å². The maximum absolute atomic E-state index is 14.4. The minimum atomic E-state index is -0.525. The van der Waals surface area contributed by atoms with E-state index < -0.39 is 5.82 Å². The molecular formula is C27H25FN4O4. The van der Waals surface area contributed by atoms with Crippen LogP contribution < -0.4 is 14.8 Å². The maximum Gasteiger partial charge on any atom is 0.260 e. The fraction of sp³-hybridized carbons (Fsp3) is 0.222. The highest BCUT2D eigenvalue weighted by molar-refractivity contribution is 5.93. The summed E-state index contributed by atoms with van der Waals surface area (Å²) < 4.78 is 25.8. The highest BCUT2D eigenvalue weighted by atomic mass is 19.1. The maximum atomic E-state index is 14.4. The molecule has 0 atom stereocenters. The van der Waals surface area contributed by atoms with Gasteiger partial charge in [0.15, 0.2) is 18.1 Å². The van der Waals surface area contributed by atoms with Gasteiger partial charge in [-0.15, -0.1) is 0 Å². The number of nitrogens with zero attached hydrogens (tertiary/aromatic N) is 3. The smallest absolute Gasteiger partial charge is 0.260 e. The SMILES string of the molecule is COc1cc2c(Nc3c(F)ccc(O)c3C)ncnc2cc1OCC(=O)N1CCc2ccccc2C1. The molecule has 9 heteroatoms. The van der Waals surface area contributed by atoms with E-state index in [9.17, 15) is 14.3 Å². The van der Waals surface area contributed by atoms with Gasteiger partial charge in [0, 0.05) is 30.1 Å². The van der Waals surface area contributed by atoms with Crippen molar-refractivity contribution < 1.29 is 23.8 Å². The number of aromatic hydroxyl groups is 1. The van der Waals surface area contributed by atoms with Crippen LogP contribution in [0.1, 0.15) is 16.7 Å². The lowest BCUT2D eigenvalue weighted by atomic mass is 10.00. The lowest BCUT2D eigenvalue weighted by molar-refractivity contribution is -0.134. The molecule has 1 amide bonds. The molecule has 0 saturated heterocycles. The van der Waals surface area contributed by atoms with E-state index in [1.807, 2.05) is 18.2 Å². The summed E-state index contributed by atoms with van der Waals surface area (Å²) in [6, 6.07) is 13.9. The number of hydrogen-bond acceptors (Lipinski definition) is 7. The van der Waals surface area contributed by atoms with Crippen molar-refractivity contribution in [3.8, 4) is 17.2 Å². The highest BCUT2D eigenvalue weighted by Gasteiger charge is 2.22. The Morgan fingerprint density at radius 2 is 1.94 bits per heavy atom. The summed E-state index contributed by atoms with van der Waals surface area (Å²) >= 11 is 0. The van der Waals surface area contributed by atoms with Crippen molar-refractivity contribution in [3.05, 3.63) is 77.4 Å². The van der Waals surface area contributed by atoms with E-state index in [1.165, 1.54) is 31.1 Å². The summed E-state index contributed by atoms with van der Waals surface area (Å²) in [5, 5.41) is 13.5. The molecule has 4 aromatic rings. The van der Waals surface area contributed by atoms with Crippen molar-refractivity contribution in [2.45, 2.75) is 19.9 Å². The van der Waals surface area contributed by atoms with Gasteiger partial charge in [-0.3, -0.25) is 4.79 Å². The molecule has 0 saturated carbocycles. The minimum Gasteiger partial charge on any atom is -0.508 e. The molecule has 1 aliphatic rings. The summed E-state index contributed by atoms with van der Waals surface area (Å²) in [4.78, 5) is 23.2. The van der Waals surface area contributed by atoms with E-state index >= 15 is 0 Å².